The summed E-state index contributed by atoms with van der Waals surface area (Å²) in [5.41, 5.74) is 5.26. The zero-order valence-electron chi connectivity index (χ0n) is 32.6. The molecule has 1 fully saturated rings. The number of aromatic hydroxyl groups is 7. The Morgan fingerprint density at radius 3 is 1.69 bits per heavy atom. The second kappa shape index (κ2) is 14.8. The molecule has 10 rings (SSSR count). The van der Waals surface area contributed by atoms with E-state index in [4.69, 9.17) is 14.2 Å². The lowest BCUT2D eigenvalue weighted by Gasteiger charge is -2.39. The van der Waals surface area contributed by atoms with Gasteiger partial charge in [0.25, 0.3) is 0 Å². The molecule has 6 aromatic rings. The summed E-state index contributed by atoms with van der Waals surface area (Å²) in [5.74, 6) is -4.07. The van der Waals surface area contributed by atoms with Crippen LogP contribution in [0.25, 0.3) is 0 Å². The number of phenols is 7. The molecule has 14 heteroatoms. The molecule has 0 spiro atoms. The van der Waals surface area contributed by atoms with Crippen LogP contribution in [0.4, 0.5) is 0 Å². The van der Waals surface area contributed by atoms with Gasteiger partial charge in [-0.1, -0.05) is 36.4 Å². The fourth-order valence-electron chi connectivity index (χ4n) is 10.4. The lowest BCUT2D eigenvalue weighted by molar-refractivity contribution is -0.277. The van der Waals surface area contributed by atoms with E-state index in [0.717, 1.165) is 0 Å². The van der Waals surface area contributed by atoms with Crippen LogP contribution < -0.4 is 9.47 Å². The van der Waals surface area contributed by atoms with Crippen molar-refractivity contribution >= 4 is 0 Å². The molecule has 0 aromatic heterocycles. The van der Waals surface area contributed by atoms with Crippen LogP contribution in [0.1, 0.15) is 85.8 Å². The first kappa shape index (κ1) is 39.5. The summed E-state index contributed by atoms with van der Waals surface area (Å²) >= 11 is 0. The molecule has 0 radical (unpaired) electrons. The van der Waals surface area contributed by atoms with Crippen molar-refractivity contribution in [2.24, 2.45) is 0 Å². The first-order chi connectivity index (χ1) is 29.8. The monoisotopic (exact) mass is 842 g/mol. The molecule has 11 N–H and O–H groups in total. The number of rotatable bonds is 7. The third-order valence-corrected chi connectivity index (χ3v) is 13.0. The lowest BCUT2D eigenvalue weighted by Crippen LogP contribution is -2.60. The highest BCUT2D eigenvalue weighted by atomic mass is 16.7. The molecular formula is C48H42O14. The van der Waals surface area contributed by atoms with Crippen LogP contribution in [-0.2, 0) is 4.74 Å². The first-order valence-corrected chi connectivity index (χ1v) is 20.1. The first-order valence-electron chi connectivity index (χ1n) is 20.1. The highest BCUT2D eigenvalue weighted by Gasteiger charge is 2.56. The van der Waals surface area contributed by atoms with Crippen molar-refractivity contribution in [2.45, 2.75) is 66.4 Å². The quantitative estimate of drug-likeness (QED) is 0.0986. The normalized spacial score (nSPS) is 28.1. The molecule has 2 aliphatic heterocycles. The van der Waals surface area contributed by atoms with Crippen molar-refractivity contribution in [3.05, 3.63) is 159 Å². The van der Waals surface area contributed by atoms with Crippen molar-refractivity contribution in [2.75, 3.05) is 6.61 Å². The Kier molecular flexibility index (Phi) is 9.39. The van der Waals surface area contributed by atoms with Crippen LogP contribution in [0, 0.1) is 0 Å². The third-order valence-electron chi connectivity index (χ3n) is 13.0. The molecule has 11 atom stereocenters. The minimum Gasteiger partial charge on any atom is -0.508 e. The predicted octanol–water partition coefficient (Wildman–Crippen LogP) is 5.23. The van der Waals surface area contributed by atoms with Gasteiger partial charge in [-0.2, -0.15) is 0 Å². The number of benzene rings is 6. The van der Waals surface area contributed by atoms with Crippen LogP contribution in [0.15, 0.2) is 109 Å². The number of hydrogen-bond donors (Lipinski definition) is 11. The van der Waals surface area contributed by atoms with Crippen LogP contribution in [-0.4, -0.2) is 93.5 Å². The van der Waals surface area contributed by atoms with Crippen molar-refractivity contribution < 1.29 is 70.4 Å². The van der Waals surface area contributed by atoms with Gasteiger partial charge >= 0.3 is 0 Å². The number of ether oxygens (including phenoxy) is 3. The molecule has 0 unspecified atom stereocenters. The molecule has 14 nitrogen and oxygen atoms in total. The zero-order chi connectivity index (χ0) is 43.3. The maximum absolute atomic E-state index is 12.4. The molecule has 2 aliphatic carbocycles. The highest BCUT2D eigenvalue weighted by Crippen LogP contribution is 2.70. The van der Waals surface area contributed by atoms with Gasteiger partial charge in [-0.15, -0.1) is 0 Å². The summed E-state index contributed by atoms with van der Waals surface area (Å²) in [7, 11) is 0. The van der Waals surface area contributed by atoms with Crippen molar-refractivity contribution in [3.8, 4) is 51.7 Å². The summed E-state index contributed by atoms with van der Waals surface area (Å²) < 4.78 is 18.4. The van der Waals surface area contributed by atoms with Gasteiger partial charge < -0.3 is 70.4 Å². The van der Waals surface area contributed by atoms with Gasteiger partial charge in [-0.25, -0.2) is 0 Å². The minimum absolute atomic E-state index is 0.00302. The van der Waals surface area contributed by atoms with E-state index in [1.807, 2.05) is 0 Å². The average molecular weight is 843 g/mol. The molecule has 1 saturated heterocycles. The largest absolute Gasteiger partial charge is 0.508 e. The molecule has 318 valence electrons. The second-order valence-electron chi connectivity index (χ2n) is 16.5. The van der Waals surface area contributed by atoms with E-state index < -0.39 is 73.0 Å². The molecule has 2 heterocycles. The summed E-state index contributed by atoms with van der Waals surface area (Å²) in [5, 5.41) is 120. The summed E-state index contributed by atoms with van der Waals surface area (Å²) in [6, 6.07) is 28.5. The van der Waals surface area contributed by atoms with E-state index in [1.165, 1.54) is 48.5 Å². The SMILES string of the molecule is OC[C@@H]1O[C@H](Oc2cc(O)cc([C@H]3c4c(O)cc5c6c4[C@H]([C@H](c4ccc(O)cc4)c4c(O)cc(O)cc4[C@H]6[C@H](c4ccc(O)cc4)O5)[C@@H]3c3ccc(O)cc3)c2)[C@@H](O)[C@H](O)[C@H]1O. The van der Waals surface area contributed by atoms with E-state index >= 15 is 0 Å². The van der Waals surface area contributed by atoms with Crippen molar-refractivity contribution in [1.29, 1.82) is 0 Å². The van der Waals surface area contributed by atoms with E-state index in [2.05, 4.69) is 0 Å². The van der Waals surface area contributed by atoms with Crippen molar-refractivity contribution in [1.82, 2.24) is 0 Å². The fraction of sp³-hybridized carbons (Fsp3) is 0.250. The van der Waals surface area contributed by atoms with Crippen LogP contribution in [0.5, 0.6) is 51.7 Å². The third kappa shape index (κ3) is 6.21. The van der Waals surface area contributed by atoms with Crippen LogP contribution in [0.2, 0.25) is 0 Å². The standard InChI is InChI=1S/C48H42O14/c49-19-34-44(57)45(58)46(59)48(62-34)60-29-14-23(13-27(53)15-29)37-35(20-1-7-24(50)8-2-20)42-36(21-3-9-25(51)10-4-21)38-30(16-28(54)17-31(38)55)39-41-33(18-32(56)40(37)43(41)42)61-47(39)22-5-11-26(52)12-6-22/h1-18,34-37,39,42,44-59H,19H2/t34-,35+,36+,37+,39+,42-,44-,45+,46-,47-,48-/m0/s1. The van der Waals surface area contributed by atoms with Gasteiger partial charge in [0.2, 0.25) is 6.29 Å². The van der Waals surface area contributed by atoms with E-state index in [9.17, 15) is 56.2 Å². The Morgan fingerprint density at radius 2 is 1.05 bits per heavy atom. The zero-order valence-corrected chi connectivity index (χ0v) is 32.6. The molecule has 4 aliphatic rings. The molecule has 0 bridgehead atoms. The number of fused-ring (bicyclic) bond motifs is 2. The van der Waals surface area contributed by atoms with Gasteiger partial charge in [0.15, 0.2) is 0 Å². The van der Waals surface area contributed by atoms with Gasteiger partial charge in [-0.3, -0.25) is 0 Å². The van der Waals surface area contributed by atoms with Crippen molar-refractivity contribution in [3.63, 3.8) is 0 Å². The number of phenolic OH excluding ortho intramolecular Hbond substituents is 7. The molecular weight excluding hydrogens is 801 g/mol. The fourth-order valence-corrected chi connectivity index (χ4v) is 10.4. The summed E-state index contributed by atoms with van der Waals surface area (Å²) in [4.78, 5) is 0. The number of aliphatic hydroxyl groups is 4. The Hall–Kier alpha value is -6.68. The van der Waals surface area contributed by atoms with E-state index in [1.54, 1.807) is 60.7 Å². The van der Waals surface area contributed by atoms with E-state index in [0.29, 0.717) is 55.8 Å². The molecule has 0 saturated carbocycles. The lowest BCUT2D eigenvalue weighted by atomic mass is 9.69. The topological polar surface area (TPSA) is 250 Å². The second-order valence-corrected chi connectivity index (χ2v) is 16.5. The molecule has 62 heavy (non-hydrogen) atoms. The van der Waals surface area contributed by atoms with Gasteiger partial charge in [0.05, 0.1) is 12.5 Å². The molecule has 0 amide bonds. The summed E-state index contributed by atoms with van der Waals surface area (Å²) in [6.45, 7) is -0.687. The van der Waals surface area contributed by atoms with Gasteiger partial charge in [-0.05, 0) is 88.0 Å². The minimum atomic E-state index is -1.75. The Balaban J connectivity index is 1.25. The maximum atomic E-state index is 12.4. The number of aliphatic hydroxyl groups excluding tert-OH is 4. The number of hydrogen-bond acceptors (Lipinski definition) is 14. The molecule has 6 aromatic carbocycles. The van der Waals surface area contributed by atoms with Crippen LogP contribution >= 0.6 is 0 Å². The van der Waals surface area contributed by atoms with Gasteiger partial charge in [0.1, 0.15) is 82.3 Å². The highest BCUT2D eigenvalue weighted by molar-refractivity contribution is 5.72. The average Bonchev–Trinajstić information content (AvgIpc) is 3.76. The smallest absolute Gasteiger partial charge is 0.229 e. The maximum Gasteiger partial charge on any atom is 0.229 e. The Labute approximate surface area is 353 Å². The summed E-state index contributed by atoms with van der Waals surface area (Å²) in [6.07, 6.45) is -8.73. The van der Waals surface area contributed by atoms with E-state index in [-0.39, 0.29) is 46.0 Å². The van der Waals surface area contributed by atoms with Gasteiger partial charge in [0, 0.05) is 58.6 Å². The van der Waals surface area contributed by atoms with Crippen LogP contribution in [0.3, 0.4) is 0 Å². The Bertz CT molecular complexity index is 2680. The Morgan fingerprint density at radius 1 is 0.468 bits per heavy atom. The predicted molar refractivity (Wildman–Crippen MR) is 219 cm³/mol.